The van der Waals surface area contributed by atoms with Gasteiger partial charge in [0.15, 0.2) is 0 Å². The number of benzene rings is 1. The van der Waals surface area contributed by atoms with Crippen LogP contribution in [0.1, 0.15) is 47.9 Å². The third-order valence-electron chi connectivity index (χ3n) is 3.14. The van der Waals surface area contributed by atoms with Crippen molar-refractivity contribution in [3.8, 4) is 0 Å². The molecule has 0 aromatic heterocycles. The van der Waals surface area contributed by atoms with Crippen molar-refractivity contribution in [3.05, 3.63) is 35.4 Å². The van der Waals surface area contributed by atoms with E-state index in [0.717, 1.165) is 6.42 Å². The zero-order valence-electron chi connectivity index (χ0n) is 10.8. The van der Waals surface area contributed by atoms with E-state index in [9.17, 15) is 9.59 Å². The zero-order valence-corrected chi connectivity index (χ0v) is 11.7. The van der Waals surface area contributed by atoms with Crippen LogP contribution in [-0.2, 0) is 0 Å². The maximum atomic E-state index is 12.2. The number of rotatable bonds is 4. The predicted octanol–water partition coefficient (Wildman–Crippen LogP) is 3.37. The Hall–Kier alpha value is -1.29. The van der Waals surface area contributed by atoms with Crippen LogP contribution in [0.5, 0.6) is 0 Å². The van der Waals surface area contributed by atoms with E-state index in [4.69, 9.17) is 0 Å². The Bertz CT molecular complexity index is 449. The van der Waals surface area contributed by atoms with Gasteiger partial charge in [-0.2, -0.15) is 0 Å². The zero-order chi connectivity index (χ0) is 13.3. The van der Waals surface area contributed by atoms with Gasteiger partial charge in [0, 0.05) is 5.25 Å². The fourth-order valence-corrected chi connectivity index (χ4v) is 3.12. The Labute approximate surface area is 112 Å². The predicted molar refractivity (Wildman–Crippen MR) is 73.5 cm³/mol. The molecule has 1 aliphatic heterocycles. The molecule has 3 nitrogen and oxygen atoms in total. The topological polar surface area (TPSA) is 37.4 Å². The molecule has 1 aromatic rings. The molecule has 0 saturated heterocycles. The summed E-state index contributed by atoms with van der Waals surface area (Å²) in [5.74, 6) is 0.0729. The van der Waals surface area contributed by atoms with E-state index in [2.05, 4.69) is 20.8 Å². The first-order valence-corrected chi connectivity index (χ1v) is 7.04. The average Bonchev–Trinajstić information content (AvgIpc) is 2.60. The summed E-state index contributed by atoms with van der Waals surface area (Å²) in [6.45, 7) is 6.30. The molecular weight excluding hydrogens is 246 g/mol. The van der Waals surface area contributed by atoms with Gasteiger partial charge in [-0.25, -0.2) is 4.31 Å². The lowest BCUT2D eigenvalue weighted by molar-refractivity contribution is 0.0776. The van der Waals surface area contributed by atoms with E-state index < -0.39 is 0 Å². The summed E-state index contributed by atoms with van der Waals surface area (Å²) in [5.41, 5.74) is 1.04. The third-order valence-corrected chi connectivity index (χ3v) is 4.83. The van der Waals surface area contributed by atoms with E-state index >= 15 is 0 Å². The highest BCUT2D eigenvalue weighted by Gasteiger charge is 2.37. The molecule has 0 N–H and O–H groups in total. The lowest BCUT2D eigenvalue weighted by Gasteiger charge is -2.22. The second-order valence-corrected chi connectivity index (χ2v) is 5.93. The molecular formula is C14H17NO2S. The number of nitrogens with zero attached hydrogens (tertiary/aromatic N) is 1. The molecule has 18 heavy (non-hydrogen) atoms. The number of fused-ring (bicyclic) bond motifs is 1. The van der Waals surface area contributed by atoms with Crippen LogP contribution in [-0.4, -0.2) is 21.4 Å². The summed E-state index contributed by atoms with van der Waals surface area (Å²) in [6, 6.07) is 7.01. The standard InChI is InChI=1S/C14H17NO2S/c1-4-12(9(2)3)18-15-13(16)10-7-5-6-8-11(10)14(15)17/h5-9,12H,4H2,1-3H3. The first-order valence-electron chi connectivity index (χ1n) is 6.20. The molecule has 1 atom stereocenters. The third kappa shape index (κ3) is 2.17. The van der Waals surface area contributed by atoms with Gasteiger partial charge >= 0.3 is 0 Å². The molecule has 4 heteroatoms. The van der Waals surface area contributed by atoms with Crippen molar-refractivity contribution in [2.45, 2.75) is 32.4 Å². The monoisotopic (exact) mass is 263 g/mol. The highest BCUT2D eigenvalue weighted by molar-refractivity contribution is 7.98. The molecule has 1 aliphatic rings. The normalized spacial score (nSPS) is 16.3. The average molecular weight is 263 g/mol. The largest absolute Gasteiger partial charge is 0.271 e. The molecule has 0 spiro atoms. The Morgan fingerprint density at radius 1 is 1.11 bits per heavy atom. The number of hydrogen-bond donors (Lipinski definition) is 0. The molecule has 0 saturated carbocycles. The molecule has 2 rings (SSSR count). The van der Waals surface area contributed by atoms with Crippen molar-refractivity contribution < 1.29 is 9.59 Å². The molecule has 96 valence electrons. The second kappa shape index (κ2) is 5.14. The van der Waals surface area contributed by atoms with Crippen LogP contribution >= 0.6 is 11.9 Å². The lowest BCUT2D eigenvalue weighted by atomic mass is 10.1. The van der Waals surface area contributed by atoms with Gasteiger partial charge in [0.2, 0.25) is 0 Å². The molecule has 0 radical (unpaired) electrons. The van der Waals surface area contributed by atoms with Gasteiger partial charge < -0.3 is 0 Å². The summed E-state index contributed by atoms with van der Waals surface area (Å²) >= 11 is 1.37. The van der Waals surface area contributed by atoms with Gasteiger partial charge in [-0.05, 0) is 36.4 Å². The number of hydrogen-bond acceptors (Lipinski definition) is 3. The molecule has 1 unspecified atom stereocenters. The van der Waals surface area contributed by atoms with Crippen LogP contribution in [0.25, 0.3) is 0 Å². The van der Waals surface area contributed by atoms with Gasteiger partial charge in [-0.1, -0.05) is 32.9 Å². The highest BCUT2D eigenvalue weighted by atomic mass is 32.2. The van der Waals surface area contributed by atoms with Gasteiger partial charge in [0.25, 0.3) is 11.8 Å². The first-order chi connectivity index (χ1) is 8.56. The summed E-state index contributed by atoms with van der Waals surface area (Å²) in [6.07, 6.45) is 0.940. The minimum absolute atomic E-state index is 0.181. The number of carbonyl (C=O) groups is 2. The maximum Gasteiger partial charge on any atom is 0.271 e. The molecule has 0 fully saturated rings. The number of carbonyl (C=O) groups excluding carboxylic acids is 2. The van der Waals surface area contributed by atoms with Crippen molar-refractivity contribution in [1.82, 2.24) is 4.31 Å². The quantitative estimate of drug-likeness (QED) is 0.617. The summed E-state index contributed by atoms with van der Waals surface area (Å²) in [4.78, 5) is 24.3. The van der Waals surface area contributed by atoms with E-state index in [0.29, 0.717) is 17.0 Å². The van der Waals surface area contributed by atoms with Gasteiger partial charge in [-0.15, -0.1) is 0 Å². The van der Waals surface area contributed by atoms with Crippen LogP contribution in [0.3, 0.4) is 0 Å². The summed E-state index contributed by atoms with van der Waals surface area (Å²) < 4.78 is 1.32. The Morgan fingerprint density at radius 2 is 1.61 bits per heavy atom. The van der Waals surface area contributed by atoms with Crippen molar-refractivity contribution in [2.24, 2.45) is 5.92 Å². The van der Waals surface area contributed by atoms with Crippen LogP contribution in [0, 0.1) is 5.92 Å². The Morgan fingerprint density at radius 3 is 2.00 bits per heavy atom. The van der Waals surface area contributed by atoms with Crippen molar-refractivity contribution in [3.63, 3.8) is 0 Å². The first kappa shape index (κ1) is 13.1. The van der Waals surface area contributed by atoms with Crippen molar-refractivity contribution >= 4 is 23.8 Å². The fraction of sp³-hybridized carbons (Fsp3) is 0.429. The molecule has 2 amide bonds. The minimum atomic E-state index is -0.181. The molecule has 0 aliphatic carbocycles. The number of imide groups is 1. The highest BCUT2D eigenvalue weighted by Crippen LogP contribution is 2.33. The molecule has 0 bridgehead atoms. The van der Waals surface area contributed by atoms with Crippen molar-refractivity contribution in [1.29, 1.82) is 0 Å². The van der Waals surface area contributed by atoms with Gasteiger partial charge in [0.1, 0.15) is 0 Å². The Kier molecular flexibility index (Phi) is 3.76. The van der Waals surface area contributed by atoms with Crippen LogP contribution in [0.4, 0.5) is 0 Å². The minimum Gasteiger partial charge on any atom is -0.268 e. The van der Waals surface area contributed by atoms with E-state index in [1.54, 1.807) is 24.3 Å². The van der Waals surface area contributed by atoms with Crippen molar-refractivity contribution in [2.75, 3.05) is 0 Å². The fourth-order valence-electron chi connectivity index (χ4n) is 2.07. The molecule has 1 heterocycles. The van der Waals surface area contributed by atoms with Crippen LogP contribution in [0.2, 0.25) is 0 Å². The van der Waals surface area contributed by atoms with Crippen LogP contribution in [0.15, 0.2) is 24.3 Å². The smallest absolute Gasteiger partial charge is 0.268 e. The Balaban J connectivity index is 2.23. The maximum absolute atomic E-state index is 12.2. The van der Waals surface area contributed by atoms with Gasteiger partial charge in [-0.3, -0.25) is 9.59 Å². The number of amides is 2. The van der Waals surface area contributed by atoms with E-state index in [-0.39, 0.29) is 17.1 Å². The van der Waals surface area contributed by atoms with E-state index in [1.165, 1.54) is 16.3 Å². The summed E-state index contributed by atoms with van der Waals surface area (Å²) in [7, 11) is 0. The summed E-state index contributed by atoms with van der Waals surface area (Å²) in [5, 5.41) is 0.284. The molecule has 1 aromatic carbocycles. The van der Waals surface area contributed by atoms with Gasteiger partial charge in [0.05, 0.1) is 11.1 Å². The second-order valence-electron chi connectivity index (χ2n) is 4.75. The van der Waals surface area contributed by atoms with E-state index in [1.807, 2.05) is 0 Å². The lowest BCUT2D eigenvalue weighted by Crippen LogP contribution is -2.27. The SMILES string of the molecule is CCC(SN1C(=O)c2ccccc2C1=O)C(C)C. The van der Waals surface area contributed by atoms with Crippen LogP contribution < -0.4 is 0 Å².